The highest BCUT2D eigenvalue weighted by Crippen LogP contribution is 2.25. The van der Waals surface area contributed by atoms with Crippen LogP contribution < -0.4 is 5.32 Å². The Morgan fingerprint density at radius 3 is 2.79 bits per heavy atom. The van der Waals surface area contributed by atoms with Crippen LogP contribution in [-0.4, -0.2) is 50.7 Å². The first kappa shape index (κ1) is 10.4. The van der Waals surface area contributed by atoms with E-state index in [1.54, 1.807) is 0 Å². The molecule has 0 spiro atoms. The van der Waals surface area contributed by atoms with Gasteiger partial charge in [0.15, 0.2) is 0 Å². The Labute approximate surface area is 84.6 Å². The number of aliphatic hydroxyl groups is 1. The smallest absolute Gasteiger partial charge is 0.0700 e. The summed E-state index contributed by atoms with van der Waals surface area (Å²) in [5, 5.41) is 12.5. The van der Waals surface area contributed by atoms with Crippen molar-refractivity contribution < 1.29 is 14.6 Å². The molecular weight excluding hydrogens is 182 g/mol. The molecule has 2 heterocycles. The summed E-state index contributed by atoms with van der Waals surface area (Å²) in [5.41, 5.74) is -0.0153. The van der Waals surface area contributed by atoms with Gasteiger partial charge < -0.3 is 19.9 Å². The van der Waals surface area contributed by atoms with Crippen molar-refractivity contribution in [2.75, 3.05) is 39.5 Å². The Morgan fingerprint density at radius 2 is 2.29 bits per heavy atom. The Morgan fingerprint density at radius 1 is 1.43 bits per heavy atom. The summed E-state index contributed by atoms with van der Waals surface area (Å²) in [7, 11) is 0. The molecule has 0 amide bonds. The minimum absolute atomic E-state index is 0.0153. The van der Waals surface area contributed by atoms with Crippen molar-refractivity contribution in [3.05, 3.63) is 0 Å². The molecule has 82 valence electrons. The van der Waals surface area contributed by atoms with E-state index in [4.69, 9.17) is 9.47 Å². The van der Waals surface area contributed by atoms with Gasteiger partial charge in [-0.3, -0.25) is 0 Å². The van der Waals surface area contributed by atoms with Crippen LogP contribution in [0.25, 0.3) is 0 Å². The Bertz CT molecular complexity index is 171. The standard InChI is InChI=1S/C10H19NO3/c12-6-10(7-13-8-10)5-11-4-9-2-1-3-14-9/h9,11-12H,1-8H2. The molecule has 0 aromatic heterocycles. The van der Waals surface area contributed by atoms with Gasteiger partial charge in [-0.15, -0.1) is 0 Å². The van der Waals surface area contributed by atoms with Crippen LogP contribution in [0.3, 0.4) is 0 Å². The van der Waals surface area contributed by atoms with E-state index in [9.17, 15) is 5.11 Å². The van der Waals surface area contributed by atoms with E-state index >= 15 is 0 Å². The van der Waals surface area contributed by atoms with E-state index in [-0.39, 0.29) is 12.0 Å². The monoisotopic (exact) mass is 201 g/mol. The molecule has 0 saturated carbocycles. The molecule has 2 saturated heterocycles. The summed E-state index contributed by atoms with van der Waals surface area (Å²) in [4.78, 5) is 0. The fourth-order valence-corrected chi connectivity index (χ4v) is 1.94. The van der Waals surface area contributed by atoms with Crippen LogP contribution in [0, 0.1) is 5.41 Å². The van der Waals surface area contributed by atoms with E-state index < -0.39 is 0 Å². The van der Waals surface area contributed by atoms with E-state index in [1.807, 2.05) is 0 Å². The van der Waals surface area contributed by atoms with Crippen LogP contribution in [0.2, 0.25) is 0 Å². The van der Waals surface area contributed by atoms with Crippen LogP contribution in [0.1, 0.15) is 12.8 Å². The average Bonchev–Trinajstić information content (AvgIpc) is 2.62. The van der Waals surface area contributed by atoms with Gasteiger partial charge in [0.1, 0.15) is 0 Å². The van der Waals surface area contributed by atoms with Crippen molar-refractivity contribution in [3.8, 4) is 0 Å². The highest BCUT2D eigenvalue weighted by atomic mass is 16.5. The van der Waals surface area contributed by atoms with Crippen molar-refractivity contribution in [2.24, 2.45) is 5.41 Å². The number of nitrogens with one attached hydrogen (secondary N) is 1. The molecule has 0 aromatic carbocycles. The number of ether oxygens (including phenoxy) is 2. The molecule has 2 aliphatic rings. The van der Waals surface area contributed by atoms with Crippen molar-refractivity contribution in [2.45, 2.75) is 18.9 Å². The Balaban J connectivity index is 1.61. The van der Waals surface area contributed by atoms with E-state index in [0.717, 1.165) is 26.1 Å². The second-order valence-electron chi connectivity index (χ2n) is 4.42. The van der Waals surface area contributed by atoms with Gasteiger partial charge in [0.25, 0.3) is 0 Å². The molecule has 1 unspecified atom stereocenters. The van der Waals surface area contributed by atoms with Crippen molar-refractivity contribution >= 4 is 0 Å². The van der Waals surface area contributed by atoms with Crippen molar-refractivity contribution in [1.82, 2.24) is 5.32 Å². The molecule has 2 rings (SSSR count). The minimum Gasteiger partial charge on any atom is -0.396 e. The zero-order valence-corrected chi connectivity index (χ0v) is 8.50. The van der Waals surface area contributed by atoms with Gasteiger partial charge in [-0.25, -0.2) is 0 Å². The predicted molar refractivity (Wildman–Crippen MR) is 52.2 cm³/mol. The second kappa shape index (κ2) is 4.57. The molecule has 14 heavy (non-hydrogen) atoms. The predicted octanol–water partition coefficient (Wildman–Crippen LogP) is -0.236. The molecule has 0 aromatic rings. The van der Waals surface area contributed by atoms with E-state index in [1.165, 1.54) is 6.42 Å². The third-order valence-corrected chi connectivity index (χ3v) is 3.05. The summed E-state index contributed by atoms with van der Waals surface area (Å²) in [6.45, 7) is 4.22. The largest absolute Gasteiger partial charge is 0.396 e. The molecule has 1 atom stereocenters. The molecular formula is C10H19NO3. The molecule has 0 aliphatic carbocycles. The molecule has 0 radical (unpaired) electrons. The fourth-order valence-electron chi connectivity index (χ4n) is 1.94. The van der Waals surface area contributed by atoms with Crippen LogP contribution in [0.4, 0.5) is 0 Å². The topological polar surface area (TPSA) is 50.7 Å². The van der Waals surface area contributed by atoms with Gasteiger partial charge >= 0.3 is 0 Å². The van der Waals surface area contributed by atoms with Gasteiger partial charge in [0, 0.05) is 19.7 Å². The summed E-state index contributed by atoms with van der Waals surface area (Å²) in [6, 6.07) is 0. The Hall–Kier alpha value is -0.160. The molecule has 4 nitrogen and oxygen atoms in total. The lowest BCUT2D eigenvalue weighted by Crippen LogP contribution is -2.53. The second-order valence-corrected chi connectivity index (χ2v) is 4.42. The molecule has 2 N–H and O–H groups in total. The highest BCUT2D eigenvalue weighted by Gasteiger charge is 2.37. The average molecular weight is 201 g/mol. The van der Waals surface area contributed by atoms with Gasteiger partial charge in [-0.1, -0.05) is 0 Å². The Kier molecular flexibility index (Phi) is 3.38. The molecule has 4 heteroatoms. The van der Waals surface area contributed by atoms with Crippen LogP contribution >= 0.6 is 0 Å². The van der Waals surface area contributed by atoms with Crippen molar-refractivity contribution in [1.29, 1.82) is 0 Å². The third kappa shape index (κ3) is 2.25. The maximum absolute atomic E-state index is 9.18. The molecule has 0 bridgehead atoms. The molecule has 2 fully saturated rings. The zero-order valence-electron chi connectivity index (χ0n) is 8.50. The SMILES string of the molecule is OCC1(CNCC2CCCO2)COC1. The normalized spacial score (nSPS) is 30.2. The number of hydrogen-bond acceptors (Lipinski definition) is 4. The van der Waals surface area contributed by atoms with Crippen LogP contribution in [0.15, 0.2) is 0 Å². The maximum Gasteiger partial charge on any atom is 0.0700 e. The van der Waals surface area contributed by atoms with E-state index in [0.29, 0.717) is 19.3 Å². The molecule has 2 aliphatic heterocycles. The van der Waals surface area contributed by atoms with Crippen molar-refractivity contribution in [3.63, 3.8) is 0 Å². The minimum atomic E-state index is -0.0153. The van der Waals surface area contributed by atoms with Gasteiger partial charge in [-0.2, -0.15) is 0 Å². The van der Waals surface area contributed by atoms with Gasteiger partial charge in [0.2, 0.25) is 0 Å². The highest BCUT2D eigenvalue weighted by molar-refractivity contribution is 4.87. The third-order valence-electron chi connectivity index (χ3n) is 3.05. The van der Waals surface area contributed by atoms with Crippen LogP contribution in [0.5, 0.6) is 0 Å². The first-order valence-electron chi connectivity index (χ1n) is 5.36. The lowest BCUT2D eigenvalue weighted by atomic mass is 9.87. The van der Waals surface area contributed by atoms with Gasteiger partial charge in [0.05, 0.1) is 31.3 Å². The lowest BCUT2D eigenvalue weighted by molar-refractivity contribution is -0.134. The summed E-state index contributed by atoms with van der Waals surface area (Å²) >= 11 is 0. The number of aliphatic hydroxyl groups excluding tert-OH is 1. The summed E-state index contributed by atoms with van der Waals surface area (Å²) < 4.78 is 10.6. The summed E-state index contributed by atoms with van der Waals surface area (Å²) in [6.07, 6.45) is 2.72. The first-order chi connectivity index (χ1) is 6.85. The maximum atomic E-state index is 9.18. The quantitative estimate of drug-likeness (QED) is 0.645. The van der Waals surface area contributed by atoms with Crippen LogP contribution in [-0.2, 0) is 9.47 Å². The lowest BCUT2D eigenvalue weighted by Gasteiger charge is -2.40. The summed E-state index contributed by atoms with van der Waals surface area (Å²) in [5.74, 6) is 0. The number of rotatable bonds is 5. The zero-order chi connectivity index (χ0) is 9.86. The van der Waals surface area contributed by atoms with E-state index in [2.05, 4.69) is 5.32 Å². The number of hydrogen-bond donors (Lipinski definition) is 2. The van der Waals surface area contributed by atoms with Gasteiger partial charge in [-0.05, 0) is 12.8 Å². The fraction of sp³-hybridized carbons (Fsp3) is 1.00. The first-order valence-corrected chi connectivity index (χ1v) is 5.36.